The van der Waals surface area contributed by atoms with Crippen LogP contribution in [0.3, 0.4) is 0 Å². The van der Waals surface area contributed by atoms with E-state index in [0.29, 0.717) is 0 Å². The first kappa shape index (κ1) is 8.40. The van der Waals surface area contributed by atoms with Crippen LogP contribution in [0.5, 0.6) is 0 Å². The SMILES string of the molecule is Cc1ccc(C(F)(F)Cl)nc1. The third-order valence-electron chi connectivity index (χ3n) is 1.20. The highest BCUT2D eigenvalue weighted by Crippen LogP contribution is 2.30. The highest BCUT2D eigenvalue weighted by atomic mass is 35.5. The van der Waals surface area contributed by atoms with Gasteiger partial charge in [0, 0.05) is 6.20 Å². The van der Waals surface area contributed by atoms with E-state index in [9.17, 15) is 8.78 Å². The molecule has 1 rings (SSSR count). The Labute approximate surface area is 68.0 Å². The zero-order valence-corrected chi connectivity index (χ0v) is 6.57. The van der Waals surface area contributed by atoms with E-state index < -0.39 is 11.1 Å². The summed E-state index contributed by atoms with van der Waals surface area (Å²) in [4.78, 5) is 3.47. The van der Waals surface area contributed by atoms with Crippen LogP contribution in [0.15, 0.2) is 18.3 Å². The summed E-state index contributed by atoms with van der Waals surface area (Å²) < 4.78 is 24.6. The number of pyridine rings is 1. The first-order chi connectivity index (χ1) is 5.00. The maximum absolute atomic E-state index is 12.3. The lowest BCUT2D eigenvalue weighted by molar-refractivity contribution is 0.0900. The Morgan fingerprint density at radius 3 is 2.45 bits per heavy atom. The van der Waals surface area contributed by atoms with Gasteiger partial charge in [-0.1, -0.05) is 6.07 Å². The second-order valence-corrected chi connectivity index (χ2v) is 2.69. The molecule has 0 N–H and O–H groups in total. The van der Waals surface area contributed by atoms with E-state index >= 15 is 0 Å². The lowest BCUT2D eigenvalue weighted by Gasteiger charge is -2.05. The number of aryl methyl sites for hydroxylation is 1. The molecule has 0 saturated carbocycles. The van der Waals surface area contributed by atoms with Crippen LogP contribution in [0.4, 0.5) is 8.78 Å². The minimum atomic E-state index is -3.35. The molecule has 0 amide bonds. The average molecular weight is 178 g/mol. The van der Waals surface area contributed by atoms with E-state index in [1.165, 1.54) is 12.3 Å². The van der Waals surface area contributed by atoms with E-state index in [0.717, 1.165) is 5.56 Å². The van der Waals surface area contributed by atoms with Gasteiger partial charge in [-0.3, -0.25) is 4.98 Å². The van der Waals surface area contributed by atoms with E-state index in [4.69, 9.17) is 11.6 Å². The van der Waals surface area contributed by atoms with Crippen LogP contribution in [0.1, 0.15) is 11.3 Å². The molecular formula is C7H6ClF2N. The van der Waals surface area contributed by atoms with Crippen molar-refractivity contribution in [2.75, 3.05) is 0 Å². The molecule has 4 heteroatoms. The number of aromatic nitrogens is 1. The van der Waals surface area contributed by atoms with Crippen molar-refractivity contribution in [1.82, 2.24) is 4.98 Å². The van der Waals surface area contributed by atoms with Gasteiger partial charge < -0.3 is 0 Å². The molecule has 0 bridgehead atoms. The lowest BCUT2D eigenvalue weighted by Crippen LogP contribution is -2.05. The third-order valence-corrected chi connectivity index (χ3v) is 1.40. The third kappa shape index (κ3) is 2.12. The van der Waals surface area contributed by atoms with Crippen LogP contribution in [0, 0.1) is 6.92 Å². The molecule has 0 spiro atoms. The summed E-state index contributed by atoms with van der Waals surface area (Å²) in [5, 5.41) is -3.35. The fraction of sp³-hybridized carbons (Fsp3) is 0.286. The second kappa shape index (κ2) is 2.74. The molecule has 1 aromatic heterocycles. The van der Waals surface area contributed by atoms with Gasteiger partial charge in [0.15, 0.2) is 0 Å². The maximum Gasteiger partial charge on any atom is 0.364 e. The Balaban J connectivity index is 2.99. The Morgan fingerprint density at radius 1 is 1.45 bits per heavy atom. The van der Waals surface area contributed by atoms with Crippen molar-refractivity contribution in [3.63, 3.8) is 0 Å². The fourth-order valence-corrected chi connectivity index (χ4v) is 0.747. The zero-order chi connectivity index (χ0) is 8.48. The topological polar surface area (TPSA) is 12.9 Å². The second-order valence-electron chi connectivity index (χ2n) is 2.22. The molecule has 0 aromatic carbocycles. The molecule has 11 heavy (non-hydrogen) atoms. The van der Waals surface area contributed by atoms with Gasteiger partial charge in [-0.15, -0.1) is 0 Å². The summed E-state index contributed by atoms with van der Waals surface area (Å²) in [6.07, 6.45) is 1.35. The predicted octanol–water partition coefficient (Wildman–Crippen LogP) is 2.68. The van der Waals surface area contributed by atoms with E-state index in [-0.39, 0.29) is 0 Å². The van der Waals surface area contributed by atoms with Crippen LogP contribution < -0.4 is 0 Å². The Morgan fingerprint density at radius 2 is 2.09 bits per heavy atom. The normalized spacial score (nSPS) is 11.6. The summed E-state index contributed by atoms with van der Waals surface area (Å²) >= 11 is 4.72. The molecule has 0 radical (unpaired) electrons. The van der Waals surface area contributed by atoms with Gasteiger partial charge in [-0.25, -0.2) is 0 Å². The van der Waals surface area contributed by atoms with Gasteiger partial charge >= 0.3 is 5.38 Å². The minimum absolute atomic E-state index is 0.412. The Kier molecular flexibility index (Phi) is 2.09. The molecule has 0 aliphatic carbocycles. The van der Waals surface area contributed by atoms with Crippen molar-refractivity contribution in [3.8, 4) is 0 Å². The Bertz CT molecular complexity index is 240. The first-order valence-corrected chi connectivity index (χ1v) is 3.38. The predicted molar refractivity (Wildman–Crippen MR) is 38.7 cm³/mol. The number of halogens is 3. The quantitative estimate of drug-likeness (QED) is 0.601. The van der Waals surface area contributed by atoms with Gasteiger partial charge in [0.1, 0.15) is 5.69 Å². The molecule has 0 unspecified atom stereocenters. The number of alkyl halides is 3. The summed E-state index contributed by atoms with van der Waals surface area (Å²) in [7, 11) is 0. The van der Waals surface area contributed by atoms with Crippen LogP contribution in [-0.2, 0) is 5.38 Å². The molecule has 1 nitrogen and oxygen atoms in total. The van der Waals surface area contributed by atoms with Crippen molar-refractivity contribution >= 4 is 11.6 Å². The molecule has 0 atom stereocenters. The standard InChI is InChI=1S/C7H6ClF2N/c1-5-2-3-6(11-4-5)7(8,9)10/h2-4H,1H3. The smallest absolute Gasteiger partial charge is 0.253 e. The van der Waals surface area contributed by atoms with E-state index in [1.54, 1.807) is 13.0 Å². The number of nitrogens with zero attached hydrogens (tertiary/aromatic N) is 1. The highest BCUT2D eigenvalue weighted by molar-refractivity contribution is 6.21. The molecule has 0 aliphatic heterocycles. The van der Waals surface area contributed by atoms with Gasteiger partial charge in [0.2, 0.25) is 0 Å². The zero-order valence-electron chi connectivity index (χ0n) is 5.81. The van der Waals surface area contributed by atoms with Crippen molar-refractivity contribution in [2.24, 2.45) is 0 Å². The van der Waals surface area contributed by atoms with Crippen LogP contribution >= 0.6 is 11.6 Å². The summed E-state index contributed by atoms with van der Waals surface area (Å²) in [5.74, 6) is 0. The summed E-state index contributed by atoms with van der Waals surface area (Å²) in [6.45, 7) is 1.77. The molecular weight excluding hydrogens is 172 g/mol. The molecule has 1 aromatic rings. The Hall–Kier alpha value is -0.700. The molecule has 0 fully saturated rings. The van der Waals surface area contributed by atoms with Crippen molar-refractivity contribution in [2.45, 2.75) is 12.3 Å². The molecule has 1 heterocycles. The van der Waals surface area contributed by atoms with Gasteiger partial charge in [0.05, 0.1) is 0 Å². The summed E-state index contributed by atoms with van der Waals surface area (Å²) in [5.41, 5.74) is 0.416. The number of hydrogen-bond donors (Lipinski definition) is 0. The monoisotopic (exact) mass is 177 g/mol. The first-order valence-electron chi connectivity index (χ1n) is 3.00. The van der Waals surface area contributed by atoms with Gasteiger partial charge in [-0.05, 0) is 30.2 Å². The van der Waals surface area contributed by atoms with Crippen molar-refractivity contribution in [3.05, 3.63) is 29.6 Å². The molecule has 60 valence electrons. The van der Waals surface area contributed by atoms with Crippen molar-refractivity contribution in [1.29, 1.82) is 0 Å². The molecule has 0 saturated heterocycles. The van der Waals surface area contributed by atoms with Crippen LogP contribution in [0.25, 0.3) is 0 Å². The number of rotatable bonds is 1. The summed E-state index contributed by atoms with van der Waals surface area (Å²) in [6, 6.07) is 2.75. The van der Waals surface area contributed by atoms with Gasteiger partial charge in [0.25, 0.3) is 0 Å². The maximum atomic E-state index is 12.3. The van der Waals surface area contributed by atoms with E-state index in [2.05, 4.69) is 4.98 Å². The van der Waals surface area contributed by atoms with Crippen LogP contribution in [0.2, 0.25) is 0 Å². The minimum Gasteiger partial charge on any atom is -0.253 e. The van der Waals surface area contributed by atoms with Crippen molar-refractivity contribution < 1.29 is 8.78 Å². The lowest BCUT2D eigenvalue weighted by atomic mass is 10.3. The molecule has 0 aliphatic rings. The highest BCUT2D eigenvalue weighted by Gasteiger charge is 2.28. The number of hydrogen-bond acceptors (Lipinski definition) is 1. The largest absolute Gasteiger partial charge is 0.364 e. The van der Waals surface area contributed by atoms with Gasteiger partial charge in [-0.2, -0.15) is 8.78 Å². The average Bonchev–Trinajstić information content (AvgIpc) is 1.86. The fourth-order valence-electron chi connectivity index (χ4n) is 0.635. The van der Waals surface area contributed by atoms with Crippen LogP contribution in [-0.4, -0.2) is 4.98 Å². The van der Waals surface area contributed by atoms with E-state index in [1.807, 2.05) is 0 Å².